The lowest BCUT2D eigenvalue weighted by Gasteiger charge is -2.24. The number of carbonyl (C=O) groups excluding carboxylic acids is 1. The van der Waals surface area contributed by atoms with Gasteiger partial charge in [-0.3, -0.25) is 4.79 Å². The van der Waals surface area contributed by atoms with Gasteiger partial charge in [0.05, 0.1) is 22.1 Å². The van der Waals surface area contributed by atoms with Crippen molar-refractivity contribution >= 4 is 21.4 Å². The van der Waals surface area contributed by atoms with Gasteiger partial charge in [0.1, 0.15) is 23.9 Å². The average molecular weight is 715 g/mol. The van der Waals surface area contributed by atoms with E-state index >= 15 is 0 Å². The highest BCUT2D eigenvalue weighted by molar-refractivity contribution is 7.91. The number of amides is 1. The van der Waals surface area contributed by atoms with Gasteiger partial charge in [-0.25, -0.2) is 19.3 Å². The standard InChI is InChI=1S/C42H54N2O6S/c1-3-5-7-8-9-10-11-15-19-41(42(45)44(43)35-20-22-36(23-21-35)48-32-16-6-4-2)50-38-26-30-40(31-27-38)51(46,47)39-28-24-37(25-29-39)49-33-34-17-13-12-14-18-34/h12-14,17-18,20-31,41H,3-11,15-16,19,32-33,43H2,1-2H3. The molecule has 0 saturated carbocycles. The maximum Gasteiger partial charge on any atom is 0.282 e. The molecular weight excluding hydrogens is 661 g/mol. The van der Waals surface area contributed by atoms with E-state index in [1.54, 1.807) is 48.5 Å². The lowest BCUT2D eigenvalue weighted by molar-refractivity contribution is -0.125. The van der Waals surface area contributed by atoms with Crippen LogP contribution in [0, 0.1) is 0 Å². The van der Waals surface area contributed by atoms with Gasteiger partial charge >= 0.3 is 0 Å². The molecule has 0 aliphatic rings. The Balaban J connectivity index is 1.39. The van der Waals surface area contributed by atoms with Gasteiger partial charge in [-0.1, -0.05) is 102 Å². The second-order valence-electron chi connectivity index (χ2n) is 12.8. The highest BCUT2D eigenvalue weighted by atomic mass is 32.2. The third-order valence-corrected chi connectivity index (χ3v) is 10.5. The van der Waals surface area contributed by atoms with Crippen molar-refractivity contribution in [2.75, 3.05) is 11.6 Å². The van der Waals surface area contributed by atoms with Crippen LogP contribution in [0.3, 0.4) is 0 Å². The molecule has 0 fully saturated rings. The molecule has 0 radical (unpaired) electrons. The van der Waals surface area contributed by atoms with Crippen LogP contribution >= 0.6 is 0 Å². The number of hydrogen-bond acceptors (Lipinski definition) is 7. The topological polar surface area (TPSA) is 108 Å². The van der Waals surface area contributed by atoms with Crippen molar-refractivity contribution < 1.29 is 27.4 Å². The molecule has 2 N–H and O–H groups in total. The first-order valence-corrected chi connectivity index (χ1v) is 19.9. The summed E-state index contributed by atoms with van der Waals surface area (Å²) >= 11 is 0. The molecule has 0 heterocycles. The minimum absolute atomic E-state index is 0.121. The molecule has 0 bridgehead atoms. The number of carbonyl (C=O) groups is 1. The van der Waals surface area contributed by atoms with E-state index in [1.807, 2.05) is 42.5 Å². The molecule has 0 spiro atoms. The Hall–Kier alpha value is -4.34. The third-order valence-electron chi connectivity index (χ3n) is 8.76. The number of ether oxygens (including phenoxy) is 3. The summed E-state index contributed by atoms with van der Waals surface area (Å²) in [6.45, 7) is 5.39. The van der Waals surface area contributed by atoms with Crippen LogP contribution in [-0.2, 0) is 21.2 Å². The fourth-order valence-electron chi connectivity index (χ4n) is 5.68. The van der Waals surface area contributed by atoms with E-state index in [9.17, 15) is 13.2 Å². The second kappa shape index (κ2) is 21.1. The molecule has 274 valence electrons. The molecule has 0 aliphatic heterocycles. The molecule has 4 aromatic rings. The van der Waals surface area contributed by atoms with E-state index in [2.05, 4.69) is 13.8 Å². The highest BCUT2D eigenvalue weighted by Crippen LogP contribution is 2.27. The summed E-state index contributed by atoms with van der Waals surface area (Å²) in [5.41, 5.74) is 1.55. The monoisotopic (exact) mass is 714 g/mol. The molecule has 0 saturated heterocycles. The van der Waals surface area contributed by atoms with Crippen LogP contribution in [0.1, 0.15) is 96.5 Å². The molecule has 4 aromatic carbocycles. The average Bonchev–Trinajstić information content (AvgIpc) is 3.16. The summed E-state index contributed by atoms with van der Waals surface area (Å²) in [5.74, 6) is 7.68. The van der Waals surface area contributed by atoms with Crippen LogP contribution in [0.2, 0.25) is 0 Å². The minimum atomic E-state index is -3.79. The molecular formula is C42H54N2O6S. The molecule has 1 unspecified atom stereocenters. The molecule has 0 aliphatic carbocycles. The van der Waals surface area contributed by atoms with E-state index in [0.29, 0.717) is 36.8 Å². The largest absolute Gasteiger partial charge is 0.494 e. The highest BCUT2D eigenvalue weighted by Gasteiger charge is 2.26. The summed E-state index contributed by atoms with van der Waals surface area (Å²) in [6, 6.07) is 29.5. The summed E-state index contributed by atoms with van der Waals surface area (Å²) < 4.78 is 44.7. The minimum Gasteiger partial charge on any atom is -0.494 e. The van der Waals surface area contributed by atoms with Crippen LogP contribution in [0.15, 0.2) is 113 Å². The van der Waals surface area contributed by atoms with Gasteiger partial charge in [0.25, 0.3) is 5.91 Å². The van der Waals surface area contributed by atoms with Gasteiger partial charge in [0, 0.05) is 0 Å². The Morgan fingerprint density at radius 2 is 1.14 bits per heavy atom. The van der Waals surface area contributed by atoms with Crippen molar-refractivity contribution in [1.29, 1.82) is 0 Å². The number of anilines is 1. The third kappa shape index (κ3) is 12.7. The molecule has 1 amide bonds. The Bertz CT molecular complexity index is 1680. The molecule has 4 rings (SSSR count). The van der Waals surface area contributed by atoms with Crippen molar-refractivity contribution in [2.45, 2.75) is 113 Å². The fraction of sp³-hybridized carbons (Fsp3) is 0.405. The van der Waals surface area contributed by atoms with E-state index in [4.69, 9.17) is 20.1 Å². The van der Waals surface area contributed by atoms with Crippen LogP contribution in [0.5, 0.6) is 17.2 Å². The zero-order valence-corrected chi connectivity index (χ0v) is 31.0. The predicted molar refractivity (Wildman–Crippen MR) is 204 cm³/mol. The molecule has 1 atom stereocenters. The van der Waals surface area contributed by atoms with Gasteiger partial charge in [0.15, 0.2) is 6.10 Å². The van der Waals surface area contributed by atoms with E-state index < -0.39 is 15.9 Å². The number of benzene rings is 4. The maximum atomic E-state index is 13.7. The van der Waals surface area contributed by atoms with Gasteiger partial charge in [-0.15, -0.1) is 0 Å². The van der Waals surface area contributed by atoms with Crippen LogP contribution < -0.4 is 25.1 Å². The smallest absolute Gasteiger partial charge is 0.282 e. The molecule has 51 heavy (non-hydrogen) atoms. The van der Waals surface area contributed by atoms with E-state index in [0.717, 1.165) is 54.8 Å². The Morgan fingerprint density at radius 3 is 1.75 bits per heavy atom. The van der Waals surface area contributed by atoms with Gasteiger partial charge < -0.3 is 14.2 Å². The molecule has 9 heteroatoms. The first kappa shape index (κ1) is 39.4. The number of hydrazine groups is 1. The molecule has 8 nitrogen and oxygen atoms in total. The lowest BCUT2D eigenvalue weighted by atomic mass is 10.0. The van der Waals surface area contributed by atoms with E-state index in [1.165, 1.54) is 44.2 Å². The quantitative estimate of drug-likeness (QED) is 0.0353. The Morgan fingerprint density at radius 1 is 0.627 bits per heavy atom. The summed E-state index contributed by atoms with van der Waals surface area (Å²) in [5, 5.41) is 1.13. The van der Waals surface area contributed by atoms with E-state index in [-0.39, 0.29) is 15.7 Å². The number of sulfone groups is 1. The predicted octanol–water partition coefficient (Wildman–Crippen LogP) is 9.85. The van der Waals surface area contributed by atoms with Crippen molar-refractivity contribution in [3.63, 3.8) is 0 Å². The fourth-order valence-corrected chi connectivity index (χ4v) is 6.94. The van der Waals surface area contributed by atoms with Crippen LogP contribution in [0.4, 0.5) is 5.69 Å². The zero-order chi connectivity index (χ0) is 36.3. The van der Waals surface area contributed by atoms with Gasteiger partial charge in [-0.05, 0) is 97.6 Å². The van der Waals surface area contributed by atoms with Crippen molar-refractivity contribution in [3.05, 3.63) is 109 Å². The molecule has 0 aromatic heterocycles. The number of rotatable bonds is 23. The van der Waals surface area contributed by atoms with Crippen LogP contribution in [-0.4, -0.2) is 27.0 Å². The van der Waals surface area contributed by atoms with Gasteiger partial charge in [0.2, 0.25) is 9.84 Å². The first-order chi connectivity index (χ1) is 24.8. The maximum absolute atomic E-state index is 13.7. The first-order valence-electron chi connectivity index (χ1n) is 18.4. The number of hydrogen-bond donors (Lipinski definition) is 1. The number of nitrogens with two attached hydrogens (primary N) is 1. The van der Waals surface area contributed by atoms with Crippen molar-refractivity contribution in [3.8, 4) is 17.2 Å². The Kier molecular flexibility index (Phi) is 16.3. The van der Waals surface area contributed by atoms with Crippen molar-refractivity contribution in [2.24, 2.45) is 5.84 Å². The summed E-state index contributed by atoms with van der Waals surface area (Å²) in [7, 11) is -3.79. The number of unbranched alkanes of at least 4 members (excludes halogenated alkanes) is 9. The second-order valence-corrected chi connectivity index (χ2v) is 14.8. The number of nitrogens with zero attached hydrogens (tertiary/aromatic N) is 1. The van der Waals surface area contributed by atoms with Crippen LogP contribution in [0.25, 0.3) is 0 Å². The Labute approximate surface area is 304 Å². The SMILES string of the molecule is CCCCCCCCCCC(Oc1ccc(S(=O)(=O)c2ccc(OCc3ccccc3)cc2)cc1)C(=O)N(N)c1ccc(OCCCCC)cc1. The lowest BCUT2D eigenvalue weighted by Crippen LogP contribution is -2.46. The van der Waals surface area contributed by atoms with Gasteiger partial charge in [-0.2, -0.15) is 0 Å². The zero-order valence-electron chi connectivity index (χ0n) is 30.2. The summed E-state index contributed by atoms with van der Waals surface area (Å²) in [4.78, 5) is 14.0. The summed E-state index contributed by atoms with van der Waals surface area (Å²) in [6.07, 6.45) is 11.9. The van der Waals surface area contributed by atoms with Crippen molar-refractivity contribution in [1.82, 2.24) is 0 Å². The normalized spacial score (nSPS) is 11.9.